The molecule has 0 aliphatic rings. The number of hydrogen-bond acceptors (Lipinski definition) is 2. The van der Waals surface area contributed by atoms with Crippen molar-refractivity contribution >= 4 is 55.1 Å². The molecule has 1 rings (SSSR count). The number of alkyl halides is 3. The summed E-state index contributed by atoms with van der Waals surface area (Å²) in [6.07, 6.45) is 0. The van der Waals surface area contributed by atoms with Crippen LogP contribution in [0, 0.1) is 0 Å². The number of amides is 1. The number of benzene rings is 1. The first kappa shape index (κ1) is 16.0. The van der Waals surface area contributed by atoms with E-state index in [1.54, 1.807) is 12.0 Å². The van der Waals surface area contributed by atoms with E-state index in [0.29, 0.717) is 10.7 Å². The van der Waals surface area contributed by atoms with Gasteiger partial charge >= 0.3 is 0 Å². The van der Waals surface area contributed by atoms with Crippen LogP contribution in [0.15, 0.2) is 18.2 Å². The first-order valence-electron chi connectivity index (χ1n) is 5.27. The van der Waals surface area contributed by atoms with Crippen molar-refractivity contribution < 1.29 is 9.53 Å². The molecule has 1 aromatic rings. The Balaban J connectivity index is 3.28. The van der Waals surface area contributed by atoms with E-state index < -0.39 is 0 Å². The van der Waals surface area contributed by atoms with Crippen molar-refractivity contribution in [2.75, 3.05) is 24.6 Å². The van der Waals surface area contributed by atoms with Crippen LogP contribution in [-0.2, 0) is 20.2 Å². The topological polar surface area (TPSA) is 29.5 Å². The van der Waals surface area contributed by atoms with Crippen molar-refractivity contribution in [2.45, 2.75) is 10.7 Å². The number of nitrogens with zero attached hydrogens (tertiary/aromatic N) is 1. The summed E-state index contributed by atoms with van der Waals surface area (Å²) in [7, 11) is 1.55. The number of rotatable bonds is 6. The summed E-state index contributed by atoms with van der Waals surface area (Å²) in [5, 5.41) is 1.33. The molecule has 0 heterocycles. The highest BCUT2D eigenvalue weighted by Gasteiger charge is 2.20. The number of carbonyl (C=O) groups excluding carboxylic acids is 1. The Morgan fingerprint density at radius 3 is 2.28 bits per heavy atom. The number of para-hydroxylation sites is 1. The maximum atomic E-state index is 11.9. The molecular formula is C12H14Br2ClNO2. The van der Waals surface area contributed by atoms with Gasteiger partial charge in [-0.2, -0.15) is 0 Å². The van der Waals surface area contributed by atoms with Crippen LogP contribution >= 0.6 is 43.5 Å². The Kier molecular flexibility index (Phi) is 7.22. The van der Waals surface area contributed by atoms with Gasteiger partial charge in [0.25, 0.3) is 0 Å². The van der Waals surface area contributed by atoms with Crippen LogP contribution in [0.25, 0.3) is 0 Å². The zero-order valence-corrected chi connectivity index (χ0v) is 13.9. The number of methoxy groups -OCH3 is 1. The number of halogens is 3. The summed E-state index contributed by atoms with van der Waals surface area (Å²) in [4.78, 5) is 13.5. The van der Waals surface area contributed by atoms with Crippen molar-refractivity contribution in [1.82, 2.24) is 0 Å². The second-order valence-electron chi connectivity index (χ2n) is 3.57. The molecule has 0 unspecified atom stereocenters. The fourth-order valence-corrected chi connectivity index (χ4v) is 2.72. The van der Waals surface area contributed by atoms with Gasteiger partial charge in [0.15, 0.2) is 0 Å². The number of hydrogen-bond donors (Lipinski definition) is 0. The van der Waals surface area contributed by atoms with E-state index in [4.69, 9.17) is 16.3 Å². The molecule has 6 heteroatoms. The highest BCUT2D eigenvalue weighted by molar-refractivity contribution is 9.08. The van der Waals surface area contributed by atoms with Crippen LogP contribution in [0.3, 0.4) is 0 Å². The average Bonchev–Trinajstić information content (AvgIpc) is 2.43. The molecule has 0 saturated heterocycles. The average molecular weight is 400 g/mol. The Hall–Kier alpha value is -0.100. The molecule has 0 fully saturated rings. The second-order valence-corrected chi connectivity index (χ2v) is 4.95. The van der Waals surface area contributed by atoms with Gasteiger partial charge < -0.3 is 4.74 Å². The minimum absolute atomic E-state index is 0.0678. The maximum absolute atomic E-state index is 11.9. The van der Waals surface area contributed by atoms with Crippen molar-refractivity contribution in [2.24, 2.45) is 0 Å². The highest BCUT2D eigenvalue weighted by atomic mass is 79.9. The monoisotopic (exact) mass is 397 g/mol. The molecule has 0 aliphatic heterocycles. The summed E-state index contributed by atoms with van der Waals surface area (Å²) >= 11 is 12.5. The van der Waals surface area contributed by atoms with E-state index >= 15 is 0 Å². The normalized spacial score (nSPS) is 10.4. The quantitative estimate of drug-likeness (QED) is 0.540. The van der Waals surface area contributed by atoms with E-state index in [1.165, 1.54) is 0 Å². The Bertz CT molecular complexity index is 393. The third kappa shape index (κ3) is 3.70. The van der Waals surface area contributed by atoms with E-state index in [1.807, 2.05) is 18.2 Å². The Morgan fingerprint density at radius 2 is 1.89 bits per heavy atom. The standard InChI is InChI=1S/C12H14Br2ClNO2/c1-18-8-16(11(17)7-15)12-9(5-13)3-2-4-10(12)6-14/h2-4H,5-8H2,1H3. The fraction of sp³-hybridized carbons (Fsp3) is 0.417. The molecule has 3 nitrogen and oxygen atoms in total. The van der Waals surface area contributed by atoms with Gasteiger partial charge in [-0.15, -0.1) is 11.6 Å². The molecule has 100 valence electrons. The van der Waals surface area contributed by atoms with Crippen LogP contribution < -0.4 is 4.90 Å². The van der Waals surface area contributed by atoms with Gasteiger partial charge in [0.05, 0.1) is 5.69 Å². The van der Waals surface area contributed by atoms with Crippen LogP contribution in [0.1, 0.15) is 11.1 Å². The summed E-state index contributed by atoms with van der Waals surface area (Å²) in [5.74, 6) is -0.240. The van der Waals surface area contributed by atoms with Crippen LogP contribution in [-0.4, -0.2) is 25.6 Å². The minimum Gasteiger partial charge on any atom is -0.364 e. The molecule has 0 atom stereocenters. The Morgan fingerprint density at radius 1 is 1.33 bits per heavy atom. The zero-order valence-electron chi connectivity index (χ0n) is 9.96. The largest absolute Gasteiger partial charge is 0.364 e. The van der Waals surface area contributed by atoms with Crippen molar-refractivity contribution in [1.29, 1.82) is 0 Å². The molecule has 0 N–H and O–H groups in total. The third-order valence-electron chi connectivity index (χ3n) is 2.43. The second kappa shape index (κ2) is 8.15. The molecule has 0 saturated carbocycles. The van der Waals surface area contributed by atoms with E-state index in [2.05, 4.69) is 31.9 Å². The first-order valence-corrected chi connectivity index (χ1v) is 8.05. The number of carbonyl (C=O) groups is 1. The van der Waals surface area contributed by atoms with Gasteiger partial charge in [0.1, 0.15) is 12.6 Å². The van der Waals surface area contributed by atoms with Crippen LogP contribution in [0.4, 0.5) is 5.69 Å². The molecule has 0 bridgehead atoms. The highest BCUT2D eigenvalue weighted by Crippen LogP contribution is 2.29. The van der Waals surface area contributed by atoms with Crippen molar-refractivity contribution in [3.63, 3.8) is 0 Å². The van der Waals surface area contributed by atoms with E-state index in [9.17, 15) is 4.79 Å². The van der Waals surface area contributed by atoms with Crippen LogP contribution in [0.2, 0.25) is 0 Å². The SMILES string of the molecule is COCN(C(=O)CCl)c1c(CBr)cccc1CBr. The molecule has 1 aromatic carbocycles. The summed E-state index contributed by atoms with van der Waals surface area (Å²) in [6, 6.07) is 5.91. The molecule has 1 amide bonds. The molecule has 0 aliphatic carbocycles. The van der Waals surface area contributed by atoms with Crippen molar-refractivity contribution in [3.05, 3.63) is 29.3 Å². The van der Waals surface area contributed by atoms with Crippen LogP contribution in [0.5, 0.6) is 0 Å². The summed E-state index contributed by atoms with van der Waals surface area (Å²) < 4.78 is 5.10. The molecule has 0 radical (unpaired) electrons. The minimum atomic E-state index is -0.172. The van der Waals surface area contributed by atoms with E-state index in [0.717, 1.165) is 16.8 Å². The van der Waals surface area contributed by atoms with Gasteiger partial charge in [0, 0.05) is 17.8 Å². The molecular weight excluding hydrogens is 385 g/mol. The predicted octanol–water partition coefficient (Wildman–Crippen LogP) is 3.65. The van der Waals surface area contributed by atoms with Crippen molar-refractivity contribution in [3.8, 4) is 0 Å². The van der Waals surface area contributed by atoms with E-state index in [-0.39, 0.29) is 18.5 Å². The smallest absolute Gasteiger partial charge is 0.243 e. The first-order chi connectivity index (χ1) is 8.69. The molecule has 0 spiro atoms. The number of anilines is 1. The van der Waals surface area contributed by atoms with Gasteiger partial charge in [-0.25, -0.2) is 0 Å². The Labute approximate surface area is 129 Å². The lowest BCUT2D eigenvalue weighted by atomic mass is 10.1. The summed E-state index contributed by atoms with van der Waals surface area (Å²) in [5.41, 5.74) is 2.92. The van der Waals surface area contributed by atoms with Gasteiger partial charge in [-0.1, -0.05) is 50.1 Å². The van der Waals surface area contributed by atoms with Gasteiger partial charge in [-0.05, 0) is 11.1 Å². The summed E-state index contributed by atoms with van der Waals surface area (Å²) in [6.45, 7) is 0.190. The fourth-order valence-electron chi connectivity index (χ4n) is 1.67. The zero-order chi connectivity index (χ0) is 13.5. The number of ether oxygens (including phenoxy) is 1. The lowest BCUT2D eigenvalue weighted by Gasteiger charge is -2.25. The maximum Gasteiger partial charge on any atom is 0.243 e. The lowest BCUT2D eigenvalue weighted by molar-refractivity contribution is -0.117. The molecule has 18 heavy (non-hydrogen) atoms. The molecule has 0 aromatic heterocycles. The third-order valence-corrected chi connectivity index (χ3v) is 3.87. The van der Waals surface area contributed by atoms with Gasteiger partial charge in [0.2, 0.25) is 5.91 Å². The van der Waals surface area contributed by atoms with Gasteiger partial charge in [-0.3, -0.25) is 9.69 Å². The lowest BCUT2D eigenvalue weighted by Crippen LogP contribution is -2.35. The predicted molar refractivity (Wildman–Crippen MR) is 81.8 cm³/mol.